The fourth-order valence-electron chi connectivity index (χ4n) is 2.73. The molecule has 0 atom stereocenters. The Morgan fingerprint density at radius 1 is 1.04 bits per heavy atom. The Morgan fingerprint density at radius 3 is 2.60 bits per heavy atom. The third-order valence-corrected chi connectivity index (χ3v) is 5.60. The molecule has 0 spiro atoms. The molecule has 0 radical (unpaired) electrons. The maximum absolute atomic E-state index is 13.1. The zero-order chi connectivity index (χ0) is 17.4. The molecule has 0 amide bonds. The quantitative estimate of drug-likeness (QED) is 0.571. The molecule has 0 saturated heterocycles. The minimum Gasteiger partial charge on any atom is -0.309 e. The molecule has 3 aromatic rings. The van der Waals surface area contributed by atoms with Crippen LogP contribution >= 0.6 is 35.0 Å². The standard InChI is InChI=1S/C17H13Cl2FN4S/c18-12-2-1-11(15(19)9-12)10-25-17-22-21-16-23(7-8-24(16)17)14-5-3-13(20)4-6-14/h1-6,9H,7-8,10H2. The predicted octanol–water partition coefficient (Wildman–Crippen LogP) is 5.17. The van der Waals surface area contributed by atoms with Crippen molar-refractivity contribution in [3.05, 3.63) is 63.9 Å². The van der Waals surface area contributed by atoms with Gasteiger partial charge in [0.25, 0.3) is 0 Å². The Hall–Kier alpha value is -1.76. The van der Waals surface area contributed by atoms with Gasteiger partial charge in [0.05, 0.1) is 0 Å². The number of halogens is 3. The van der Waals surface area contributed by atoms with Gasteiger partial charge in [-0.25, -0.2) is 4.39 Å². The lowest BCUT2D eigenvalue weighted by Gasteiger charge is -2.14. The highest BCUT2D eigenvalue weighted by molar-refractivity contribution is 7.98. The van der Waals surface area contributed by atoms with E-state index in [1.807, 2.05) is 17.0 Å². The minimum absolute atomic E-state index is 0.250. The topological polar surface area (TPSA) is 34.0 Å². The van der Waals surface area contributed by atoms with Gasteiger partial charge in [0.1, 0.15) is 5.82 Å². The summed E-state index contributed by atoms with van der Waals surface area (Å²) in [6, 6.07) is 11.9. The zero-order valence-corrected chi connectivity index (χ0v) is 15.3. The van der Waals surface area contributed by atoms with Crippen LogP contribution in [-0.4, -0.2) is 21.3 Å². The number of thioether (sulfide) groups is 1. The first-order chi connectivity index (χ1) is 12.1. The van der Waals surface area contributed by atoms with Gasteiger partial charge in [-0.15, -0.1) is 10.2 Å². The van der Waals surface area contributed by atoms with Crippen LogP contribution in [-0.2, 0) is 12.3 Å². The first-order valence-electron chi connectivity index (χ1n) is 7.65. The zero-order valence-electron chi connectivity index (χ0n) is 13.0. The van der Waals surface area contributed by atoms with Crippen molar-refractivity contribution in [3.8, 4) is 0 Å². The molecule has 1 aromatic heterocycles. The van der Waals surface area contributed by atoms with Gasteiger partial charge in [0.2, 0.25) is 5.95 Å². The smallest absolute Gasteiger partial charge is 0.232 e. The van der Waals surface area contributed by atoms with Crippen LogP contribution in [0.2, 0.25) is 10.0 Å². The molecule has 0 bridgehead atoms. The van der Waals surface area contributed by atoms with Crippen molar-refractivity contribution in [1.82, 2.24) is 14.8 Å². The molecule has 1 aliphatic heterocycles. The Kier molecular flexibility index (Phi) is 4.58. The van der Waals surface area contributed by atoms with Crippen molar-refractivity contribution in [2.75, 3.05) is 11.4 Å². The van der Waals surface area contributed by atoms with Crippen LogP contribution in [0.1, 0.15) is 5.56 Å². The number of fused-ring (bicyclic) bond motifs is 1. The fraction of sp³-hybridized carbons (Fsp3) is 0.176. The molecule has 4 rings (SSSR count). The molecule has 1 aliphatic rings. The molecule has 0 unspecified atom stereocenters. The van der Waals surface area contributed by atoms with Gasteiger partial charge < -0.3 is 4.90 Å². The molecule has 2 heterocycles. The number of nitrogens with zero attached hydrogens (tertiary/aromatic N) is 4. The molecule has 4 nitrogen and oxygen atoms in total. The summed E-state index contributed by atoms with van der Waals surface area (Å²) in [5.74, 6) is 1.21. The van der Waals surface area contributed by atoms with Gasteiger partial charge in [-0.1, -0.05) is 41.0 Å². The Labute approximate surface area is 158 Å². The van der Waals surface area contributed by atoms with Crippen molar-refractivity contribution >= 4 is 46.6 Å². The van der Waals surface area contributed by atoms with E-state index in [1.54, 1.807) is 30.0 Å². The number of benzene rings is 2. The van der Waals surface area contributed by atoms with Gasteiger partial charge in [-0.3, -0.25) is 4.57 Å². The predicted molar refractivity (Wildman–Crippen MR) is 99.5 cm³/mol. The van der Waals surface area contributed by atoms with E-state index in [0.717, 1.165) is 35.4 Å². The lowest BCUT2D eigenvalue weighted by atomic mass is 10.2. The molecule has 0 aliphatic carbocycles. The summed E-state index contributed by atoms with van der Waals surface area (Å²) in [6.45, 7) is 1.57. The van der Waals surface area contributed by atoms with Crippen molar-refractivity contribution in [1.29, 1.82) is 0 Å². The summed E-state index contributed by atoms with van der Waals surface area (Å²) in [4.78, 5) is 2.03. The van der Waals surface area contributed by atoms with Crippen molar-refractivity contribution < 1.29 is 4.39 Å². The summed E-state index contributed by atoms with van der Waals surface area (Å²) in [5, 5.41) is 10.7. The van der Waals surface area contributed by atoms with E-state index < -0.39 is 0 Å². The number of anilines is 2. The van der Waals surface area contributed by atoms with Gasteiger partial charge in [-0.2, -0.15) is 0 Å². The van der Waals surface area contributed by atoms with Crippen LogP contribution in [0.4, 0.5) is 16.0 Å². The summed E-state index contributed by atoms with van der Waals surface area (Å²) in [6.07, 6.45) is 0. The third kappa shape index (κ3) is 3.34. The second-order valence-corrected chi connectivity index (χ2v) is 7.37. The largest absolute Gasteiger partial charge is 0.309 e. The summed E-state index contributed by atoms with van der Waals surface area (Å²) in [5.41, 5.74) is 1.91. The highest BCUT2D eigenvalue weighted by Gasteiger charge is 2.26. The monoisotopic (exact) mass is 394 g/mol. The van der Waals surface area contributed by atoms with E-state index in [9.17, 15) is 4.39 Å². The summed E-state index contributed by atoms with van der Waals surface area (Å²) >= 11 is 13.7. The lowest BCUT2D eigenvalue weighted by molar-refractivity contribution is 0.627. The SMILES string of the molecule is Fc1ccc(N2CCn3c(SCc4ccc(Cl)cc4Cl)nnc32)cc1. The van der Waals surface area contributed by atoms with E-state index >= 15 is 0 Å². The van der Waals surface area contributed by atoms with Gasteiger partial charge in [0, 0.05) is 34.6 Å². The molecule has 128 valence electrons. The Bertz CT molecular complexity index is 914. The minimum atomic E-state index is -0.250. The van der Waals surface area contributed by atoms with Crippen LogP contribution in [0.25, 0.3) is 0 Å². The van der Waals surface area contributed by atoms with Gasteiger partial charge in [0.15, 0.2) is 5.16 Å². The molecule has 25 heavy (non-hydrogen) atoms. The van der Waals surface area contributed by atoms with Crippen LogP contribution in [0.15, 0.2) is 47.6 Å². The van der Waals surface area contributed by atoms with Crippen molar-refractivity contribution in [2.24, 2.45) is 0 Å². The van der Waals surface area contributed by atoms with Crippen LogP contribution in [0.3, 0.4) is 0 Å². The number of hydrogen-bond acceptors (Lipinski definition) is 4. The normalized spacial score (nSPS) is 13.3. The number of hydrogen-bond donors (Lipinski definition) is 0. The maximum atomic E-state index is 13.1. The molecule has 8 heteroatoms. The third-order valence-electron chi connectivity index (χ3n) is 4.00. The van der Waals surface area contributed by atoms with E-state index in [2.05, 4.69) is 14.8 Å². The Balaban J connectivity index is 1.52. The average molecular weight is 395 g/mol. The van der Waals surface area contributed by atoms with Crippen LogP contribution in [0, 0.1) is 5.82 Å². The van der Waals surface area contributed by atoms with E-state index in [4.69, 9.17) is 23.2 Å². The van der Waals surface area contributed by atoms with E-state index in [-0.39, 0.29) is 5.82 Å². The number of rotatable bonds is 4. The molecule has 0 N–H and O–H groups in total. The Morgan fingerprint density at radius 2 is 1.84 bits per heavy atom. The van der Waals surface area contributed by atoms with Crippen LogP contribution in [0.5, 0.6) is 0 Å². The van der Waals surface area contributed by atoms with Gasteiger partial charge in [-0.05, 0) is 42.0 Å². The molecule has 0 saturated carbocycles. The van der Waals surface area contributed by atoms with E-state index in [0.29, 0.717) is 15.8 Å². The molecule has 2 aromatic carbocycles. The summed E-state index contributed by atoms with van der Waals surface area (Å²) < 4.78 is 15.2. The first kappa shape index (κ1) is 16.7. The highest BCUT2D eigenvalue weighted by atomic mass is 35.5. The highest BCUT2D eigenvalue weighted by Crippen LogP contribution is 2.34. The van der Waals surface area contributed by atoms with Crippen LogP contribution < -0.4 is 4.90 Å². The van der Waals surface area contributed by atoms with Crippen molar-refractivity contribution in [2.45, 2.75) is 17.5 Å². The first-order valence-corrected chi connectivity index (χ1v) is 9.39. The lowest BCUT2D eigenvalue weighted by Crippen LogP contribution is -2.14. The van der Waals surface area contributed by atoms with E-state index in [1.165, 1.54) is 12.1 Å². The average Bonchev–Trinajstić information content (AvgIpc) is 3.17. The second kappa shape index (κ2) is 6.86. The summed E-state index contributed by atoms with van der Waals surface area (Å²) in [7, 11) is 0. The maximum Gasteiger partial charge on any atom is 0.232 e. The molecular weight excluding hydrogens is 382 g/mol. The second-order valence-electron chi connectivity index (χ2n) is 5.59. The molecular formula is C17H13Cl2FN4S. The fourth-order valence-corrected chi connectivity index (χ4v) is 4.25. The van der Waals surface area contributed by atoms with Gasteiger partial charge >= 0.3 is 0 Å². The number of aromatic nitrogens is 3. The van der Waals surface area contributed by atoms with Crippen molar-refractivity contribution in [3.63, 3.8) is 0 Å². The molecule has 0 fully saturated rings.